The van der Waals surface area contributed by atoms with Crippen molar-refractivity contribution >= 4 is 28.4 Å². The highest BCUT2D eigenvalue weighted by Crippen LogP contribution is 2.43. The number of ether oxygens (including phenoxy) is 2. The average Bonchev–Trinajstić information content (AvgIpc) is 3.37. The molecule has 5 heteroatoms. The van der Waals surface area contributed by atoms with Crippen molar-refractivity contribution in [2.24, 2.45) is 0 Å². The summed E-state index contributed by atoms with van der Waals surface area (Å²) in [6.45, 7) is 0. The fraction of sp³-hybridized carbons (Fsp3) is 0.148. The van der Waals surface area contributed by atoms with E-state index in [1.807, 2.05) is 41.8 Å². The van der Waals surface area contributed by atoms with Gasteiger partial charge in [0, 0.05) is 16.9 Å². The maximum Gasteiger partial charge on any atom is 0.253 e. The van der Waals surface area contributed by atoms with Crippen LogP contribution in [-0.4, -0.2) is 26.2 Å². The third kappa shape index (κ3) is 3.55. The quantitative estimate of drug-likeness (QED) is 0.556. The topological polar surface area (TPSA) is 47.6 Å². The van der Waals surface area contributed by atoms with Gasteiger partial charge in [-0.05, 0) is 45.9 Å². The Labute approximate surface area is 191 Å². The Balaban J connectivity index is 1.75. The first-order valence-corrected chi connectivity index (χ1v) is 11.4. The number of amides is 1. The summed E-state index contributed by atoms with van der Waals surface area (Å²) < 4.78 is 11.2. The summed E-state index contributed by atoms with van der Waals surface area (Å²) >= 11 is 1.57. The lowest BCUT2D eigenvalue weighted by atomic mass is 9.80. The number of rotatable bonds is 5. The Kier molecular flexibility index (Phi) is 5.41. The van der Waals surface area contributed by atoms with Gasteiger partial charge in [-0.15, -0.1) is 11.3 Å². The predicted molar refractivity (Wildman–Crippen MR) is 129 cm³/mol. The molecular formula is C27H23NO3S. The van der Waals surface area contributed by atoms with Gasteiger partial charge in [0.25, 0.3) is 5.91 Å². The van der Waals surface area contributed by atoms with Crippen molar-refractivity contribution in [1.29, 1.82) is 0 Å². The molecule has 0 bridgehead atoms. The van der Waals surface area contributed by atoms with Gasteiger partial charge in [0.2, 0.25) is 0 Å². The number of fused-ring (bicyclic) bond motifs is 1. The van der Waals surface area contributed by atoms with Gasteiger partial charge in [-0.3, -0.25) is 4.79 Å². The number of allylic oxidation sites excluding steroid dienone is 1. The summed E-state index contributed by atoms with van der Waals surface area (Å²) in [7, 11) is 3.28. The van der Waals surface area contributed by atoms with Crippen LogP contribution in [0, 0.1) is 0 Å². The molecule has 32 heavy (non-hydrogen) atoms. The smallest absolute Gasteiger partial charge is 0.253 e. The summed E-state index contributed by atoms with van der Waals surface area (Å²) in [4.78, 5) is 14.3. The van der Waals surface area contributed by atoms with E-state index in [0.29, 0.717) is 17.8 Å². The number of carbonyl (C=O) groups is 1. The van der Waals surface area contributed by atoms with Crippen molar-refractivity contribution in [3.05, 3.63) is 106 Å². The molecule has 1 aliphatic heterocycles. The van der Waals surface area contributed by atoms with Gasteiger partial charge in [-0.25, -0.2) is 0 Å². The van der Waals surface area contributed by atoms with E-state index in [-0.39, 0.29) is 11.9 Å². The highest BCUT2D eigenvalue weighted by atomic mass is 32.1. The minimum absolute atomic E-state index is 0.0639. The van der Waals surface area contributed by atoms with Gasteiger partial charge >= 0.3 is 0 Å². The van der Waals surface area contributed by atoms with E-state index in [0.717, 1.165) is 38.5 Å². The largest absolute Gasteiger partial charge is 0.497 e. The average molecular weight is 442 g/mol. The second-order valence-electron chi connectivity index (χ2n) is 7.70. The van der Waals surface area contributed by atoms with Crippen molar-refractivity contribution in [1.82, 2.24) is 5.32 Å². The van der Waals surface area contributed by atoms with Crippen LogP contribution < -0.4 is 5.32 Å². The zero-order valence-electron chi connectivity index (χ0n) is 17.9. The van der Waals surface area contributed by atoms with Crippen LogP contribution in [-0.2, 0) is 14.3 Å². The van der Waals surface area contributed by atoms with E-state index in [9.17, 15) is 4.79 Å². The van der Waals surface area contributed by atoms with E-state index in [4.69, 9.17) is 9.47 Å². The van der Waals surface area contributed by atoms with Crippen LogP contribution in [0.15, 0.2) is 95.3 Å². The maximum atomic E-state index is 13.4. The molecule has 1 amide bonds. The zero-order chi connectivity index (χ0) is 22.1. The number of benzene rings is 2. The molecule has 5 rings (SSSR count). The lowest BCUT2D eigenvalue weighted by molar-refractivity contribution is -0.116. The molecule has 1 aromatic heterocycles. The molecule has 4 nitrogen and oxygen atoms in total. The molecule has 2 aliphatic rings. The van der Waals surface area contributed by atoms with Crippen molar-refractivity contribution < 1.29 is 14.3 Å². The van der Waals surface area contributed by atoms with E-state index in [1.165, 1.54) is 0 Å². The maximum absolute atomic E-state index is 13.4. The molecule has 0 saturated heterocycles. The second-order valence-corrected chi connectivity index (χ2v) is 8.65. The van der Waals surface area contributed by atoms with Crippen LogP contribution in [0.25, 0.3) is 22.3 Å². The predicted octanol–water partition coefficient (Wildman–Crippen LogP) is 5.66. The van der Waals surface area contributed by atoms with Crippen molar-refractivity contribution in [2.75, 3.05) is 14.2 Å². The van der Waals surface area contributed by atoms with E-state index >= 15 is 0 Å². The minimum Gasteiger partial charge on any atom is -0.497 e. The SMILES string of the molecule is COC1=C(OC)CC2NC(=O)C(c3cccs3)=C(c3cccc(-c4ccccc4)c3)C2=C1. The summed E-state index contributed by atoms with van der Waals surface area (Å²) in [6.07, 6.45) is 2.56. The van der Waals surface area contributed by atoms with Crippen molar-refractivity contribution in [3.63, 3.8) is 0 Å². The molecule has 160 valence electrons. The first kappa shape index (κ1) is 20.3. The molecule has 1 atom stereocenters. The summed E-state index contributed by atoms with van der Waals surface area (Å²) in [5, 5.41) is 5.18. The van der Waals surface area contributed by atoms with Gasteiger partial charge in [0.15, 0.2) is 5.76 Å². The normalized spacial score (nSPS) is 18.1. The lowest BCUT2D eigenvalue weighted by Gasteiger charge is -2.34. The summed E-state index contributed by atoms with van der Waals surface area (Å²) in [6, 6.07) is 22.5. The fourth-order valence-corrected chi connectivity index (χ4v) is 5.16. The molecule has 0 radical (unpaired) electrons. The van der Waals surface area contributed by atoms with E-state index in [1.54, 1.807) is 25.6 Å². The fourth-order valence-electron chi connectivity index (χ4n) is 4.39. The highest BCUT2D eigenvalue weighted by molar-refractivity contribution is 7.11. The van der Waals surface area contributed by atoms with Crippen molar-refractivity contribution in [3.8, 4) is 11.1 Å². The van der Waals surface area contributed by atoms with Crippen LogP contribution in [0.2, 0.25) is 0 Å². The summed E-state index contributed by atoms with van der Waals surface area (Å²) in [5.41, 5.74) is 5.95. The van der Waals surface area contributed by atoms with Crippen LogP contribution >= 0.6 is 11.3 Å². The van der Waals surface area contributed by atoms with Crippen molar-refractivity contribution in [2.45, 2.75) is 12.5 Å². The lowest BCUT2D eigenvalue weighted by Crippen LogP contribution is -2.43. The molecule has 0 fully saturated rings. The van der Waals surface area contributed by atoms with Crippen LogP contribution in [0.4, 0.5) is 0 Å². The number of hydrogen-bond acceptors (Lipinski definition) is 4. The molecule has 1 unspecified atom stereocenters. The zero-order valence-corrected chi connectivity index (χ0v) is 18.7. The highest BCUT2D eigenvalue weighted by Gasteiger charge is 2.36. The van der Waals surface area contributed by atoms with Crippen LogP contribution in [0.1, 0.15) is 16.9 Å². The number of methoxy groups -OCH3 is 2. The number of hydrogen-bond donors (Lipinski definition) is 1. The van der Waals surface area contributed by atoms with Gasteiger partial charge in [-0.1, -0.05) is 54.6 Å². The molecule has 2 aromatic carbocycles. The molecule has 1 aliphatic carbocycles. The third-order valence-corrected chi connectivity index (χ3v) is 6.78. The Hall–Kier alpha value is -3.57. The van der Waals surface area contributed by atoms with Crippen LogP contribution in [0.5, 0.6) is 0 Å². The third-order valence-electron chi connectivity index (χ3n) is 5.89. The van der Waals surface area contributed by atoms with Gasteiger partial charge < -0.3 is 14.8 Å². The standard InChI is InChI=1S/C27H23NO3S/c1-30-22-15-20-21(16-23(22)31-2)28-27(29)26(24-12-7-13-32-24)25(20)19-11-6-10-18(14-19)17-8-4-3-5-9-17/h3-15,21H,16H2,1-2H3,(H,28,29). The Bertz CT molecular complexity index is 1250. The molecule has 1 N–H and O–H groups in total. The first-order chi connectivity index (χ1) is 15.7. The molecule has 0 spiro atoms. The molecule has 3 aromatic rings. The Morgan fingerprint density at radius 2 is 1.66 bits per heavy atom. The molecule has 2 heterocycles. The monoisotopic (exact) mass is 441 g/mol. The molecule has 0 saturated carbocycles. The van der Waals surface area contributed by atoms with Gasteiger partial charge in [-0.2, -0.15) is 0 Å². The number of nitrogens with one attached hydrogen (secondary N) is 1. The van der Waals surface area contributed by atoms with Crippen LogP contribution in [0.3, 0.4) is 0 Å². The van der Waals surface area contributed by atoms with Gasteiger partial charge in [0.05, 0.1) is 25.8 Å². The molecular weight excluding hydrogens is 418 g/mol. The number of thiophene rings is 1. The van der Waals surface area contributed by atoms with E-state index in [2.05, 4.69) is 41.7 Å². The second kappa shape index (κ2) is 8.52. The summed E-state index contributed by atoms with van der Waals surface area (Å²) in [5.74, 6) is 1.36. The minimum atomic E-state index is -0.171. The van der Waals surface area contributed by atoms with Gasteiger partial charge in [0.1, 0.15) is 5.76 Å². The Morgan fingerprint density at radius 3 is 2.38 bits per heavy atom. The number of carbonyl (C=O) groups excluding carboxylic acids is 1. The first-order valence-electron chi connectivity index (χ1n) is 10.5. The Morgan fingerprint density at radius 1 is 0.875 bits per heavy atom. The van der Waals surface area contributed by atoms with E-state index < -0.39 is 0 Å².